The molecule has 7 nitrogen and oxygen atoms in total. The first-order valence-electron chi connectivity index (χ1n) is 12.0. The molecule has 0 atom stereocenters. The highest BCUT2D eigenvalue weighted by Crippen LogP contribution is 2.46. The van der Waals surface area contributed by atoms with E-state index in [0.29, 0.717) is 18.0 Å². The van der Waals surface area contributed by atoms with E-state index in [1.807, 2.05) is 30.3 Å². The molecule has 1 fully saturated rings. The number of hydrogen-bond donors (Lipinski definition) is 0. The summed E-state index contributed by atoms with van der Waals surface area (Å²) in [6, 6.07) is 16.6. The Hall–Kier alpha value is -3.65. The Labute approximate surface area is 215 Å². The van der Waals surface area contributed by atoms with Crippen LogP contribution in [-0.2, 0) is 19.2 Å². The molecule has 2 aromatic rings. The summed E-state index contributed by atoms with van der Waals surface area (Å²) in [4.78, 5) is 48.1. The number of benzene rings is 2. The van der Waals surface area contributed by atoms with Gasteiger partial charge in [0.1, 0.15) is 0 Å². The predicted molar refractivity (Wildman–Crippen MR) is 142 cm³/mol. The number of hydroxylamine groups is 2. The number of aliphatic imine (C=N–C) groups is 1. The van der Waals surface area contributed by atoms with Gasteiger partial charge in [0.05, 0.1) is 10.7 Å². The summed E-state index contributed by atoms with van der Waals surface area (Å²) in [7, 11) is 1.76. The number of thioether (sulfide) groups is 1. The number of fused-ring (bicyclic) bond motifs is 1. The van der Waals surface area contributed by atoms with Crippen LogP contribution in [0.4, 0.5) is 5.69 Å². The predicted octanol–water partition coefficient (Wildman–Crippen LogP) is 5.31. The zero-order valence-electron chi connectivity index (χ0n) is 20.5. The molecule has 2 aromatic carbocycles. The summed E-state index contributed by atoms with van der Waals surface area (Å²) < 4.78 is 0. The van der Waals surface area contributed by atoms with Crippen LogP contribution in [-0.4, -0.2) is 42.7 Å². The standard InChI is InChI=1S/C28H29N3O4S/c1-20-9-3-4-10-22(20)21(16-17-29-2)19-27-30(23-11-5-6-12-24(23)36-27)18-8-7-13-28(34)35-31-25(32)14-15-26(31)33/h3-6,9-12,16-17,19H,7-8,13-15,18H2,1-2H3/b21-16-,27-19-,29-17+. The second kappa shape index (κ2) is 11.9. The highest BCUT2D eigenvalue weighted by atomic mass is 32.2. The van der Waals surface area contributed by atoms with Crippen molar-refractivity contribution in [2.75, 3.05) is 18.5 Å². The van der Waals surface area contributed by atoms with Crippen LogP contribution < -0.4 is 4.90 Å². The summed E-state index contributed by atoms with van der Waals surface area (Å²) in [5.74, 6) is -1.48. The van der Waals surface area contributed by atoms with Crippen LogP contribution in [0.1, 0.15) is 43.2 Å². The van der Waals surface area contributed by atoms with E-state index in [4.69, 9.17) is 4.84 Å². The van der Waals surface area contributed by atoms with Crippen molar-refractivity contribution in [3.05, 3.63) is 76.8 Å². The van der Waals surface area contributed by atoms with Crippen LogP contribution in [0.25, 0.3) is 5.57 Å². The number of nitrogens with zero attached hydrogens (tertiary/aromatic N) is 3. The van der Waals surface area contributed by atoms with Crippen LogP contribution in [0.3, 0.4) is 0 Å². The smallest absolute Gasteiger partial charge is 0.333 e. The molecule has 0 bridgehead atoms. The second-order valence-electron chi connectivity index (χ2n) is 8.55. The zero-order chi connectivity index (χ0) is 25.5. The molecule has 186 valence electrons. The fraction of sp³-hybridized carbons (Fsp3) is 0.286. The van der Waals surface area contributed by atoms with Crippen molar-refractivity contribution in [1.82, 2.24) is 5.06 Å². The first-order chi connectivity index (χ1) is 17.5. The van der Waals surface area contributed by atoms with Crippen molar-refractivity contribution in [2.24, 2.45) is 4.99 Å². The lowest BCUT2D eigenvalue weighted by Crippen LogP contribution is -2.32. The van der Waals surface area contributed by atoms with Crippen LogP contribution in [0.5, 0.6) is 0 Å². The van der Waals surface area contributed by atoms with Gasteiger partial charge in [-0.15, -0.1) is 5.06 Å². The topological polar surface area (TPSA) is 79.3 Å². The Morgan fingerprint density at radius 1 is 1.06 bits per heavy atom. The van der Waals surface area contributed by atoms with E-state index in [-0.39, 0.29) is 19.3 Å². The third-order valence-electron chi connectivity index (χ3n) is 5.99. The molecule has 0 radical (unpaired) electrons. The van der Waals surface area contributed by atoms with Gasteiger partial charge in [-0.1, -0.05) is 48.2 Å². The molecular weight excluding hydrogens is 474 g/mol. The van der Waals surface area contributed by atoms with Gasteiger partial charge in [0.15, 0.2) is 0 Å². The Kier molecular flexibility index (Phi) is 8.38. The van der Waals surface area contributed by atoms with Gasteiger partial charge in [-0.2, -0.15) is 0 Å². The molecule has 0 spiro atoms. The molecule has 0 aliphatic carbocycles. The molecule has 0 saturated carbocycles. The lowest BCUT2D eigenvalue weighted by molar-refractivity contribution is -0.197. The van der Waals surface area contributed by atoms with Crippen LogP contribution >= 0.6 is 11.8 Å². The zero-order valence-corrected chi connectivity index (χ0v) is 21.3. The number of amides is 2. The van der Waals surface area contributed by atoms with Crippen molar-refractivity contribution in [2.45, 2.75) is 43.9 Å². The molecule has 2 heterocycles. The molecule has 4 rings (SSSR count). The fourth-order valence-electron chi connectivity index (χ4n) is 4.14. The Balaban J connectivity index is 1.46. The molecule has 2 aliphatic heterocycles. The van der Waals surface area contributed by atoms with E-state index >= 15 is 0 Å². The Morgan fingerprint density at radius 3 is 2.53 bits per heavy atom. The van der Waals surface area contributed by atoms with E-state index in [9.17, 15) is 14.4 Å². The maximum Gasteiger partial charge on any atom is 0.333 e. The minimum absolute atomic E-state index is 0.0936. The molecule has 0 N–H and O–H groups in total. The van der Waals surface area contributed by atoms with E-state index in [0.717, 1.165) is 28.3 Å². The summed E-state index contributed by atoms with van der Waals surface area (Å²) in [6.45, 7) is 2.81. The third-order valence-corrected chi connectivity index (χ3v) is 7.10. The number of para-hydroxylation sites is 1. The minimum atomic E-state index is -0.561. The maximum absolute atomic E-state index is 12.2. The van der Waals surface area contributed by atoms with Crippen molar-refractivity contribution >= 4 is 47.0 Å². The average molecular weight is 504 g/mol. The summed E-state index contributed by atoms with van der Waals surface area (Å²) in [5.41, 5.74) is 4.54. The average Bonchev–Trinajstić information content (AvgIpc) is 3.38. The quantitative estimate of drug-likeness (QED) is 0.262. The number of hydrogen-bond acceptors (Lipinski definition) is 7. The third kappa shape index (κ3) is 5.94. The highest BCUT2D eigenvalue weighted by molar-refractivity contribution is 8.03. The van der Waals surface area contributed by atoms with Gasteiger partial charge in [-0.25, -0.2) is 4.79 Å². The van der Waals surface area contributed by atoms with Crippen LogP contribution in [0, 0.1) is 6.92 Å². The largest absolute Gasteiger partial charge is 0.335 e. The minimum Gasteiger partial charge on any atom is -0.335 e. The lowest BCUT2D eigenvalue weighted by atomic mass is 10.0. The number of carbonyl (C=O) groups excluding carboxylic acids is 3. The SMILES string of the molecule is C/N=C/C=C(/C=C1\Sc2ccccc2N1CCCCC(=O)ON1C(=O)CCC1=O)c1ccccc1C. The van der Waals surface area contributed by atoms with Gasteiger partial charge < -0.3 is 9.74 Å². The summed E-state index contributed by atoms with van der Waals surface area (Å²) in [5, 5.41) is 1.71. The van der Waals surface area contributed by atoms with Gasteiger partial charge in [-0.05, 0) is 60.8 Å². The normalized spacial score (nSPS) is 16.9. The molecule has 1 saturated heterocycles. The van der Waals surface area contributed by atoms with Gasteiger partial charge >= 0.3 is 5.97 Å². The van der Waals surface area contributed by atoms with Crippen molar-refractivity contribution in [3.63, 3.8) is 0 Å². The first kappa shape index (κ1) is 25.4. The van der Waals surface area contributed by atoms with Gasteiger partial charge in [0.25, 0.3) is 11.8 Å². The van der Waals surface area contributed by atoms with Gasteiger partial charge in [0, 0.05) is 44.0 Å². The number of unbranched alkanes of at least 4 members (excludes halogenated alkanes) is 1. The van der Waals surface area contributed by atoms with Crippen LogP contribution in [0.2, 0.25) is 0 Å². The molecule has 0 unspecified atom stereocenters. The van der Waals surface area contributed by atoms with Crippen LogP contribution in [0.15, 0.2) is 75.6 Å². The van der Waals surface area contributed by atoms with E-state index in [1.54, 1.807) is 25.0 Å². The number of anilines is 1. The molecule has 2 aliphatic rings. The first-order valence-corrected chi connectivity index (χ1v) is 12.8. The summed E-state index contributed by atoms with van der Waals surface area (Å²) >= 11 is 1.72. The lowest BCUT2D eigenvalue weighted by Gasteiger charge is -2.21. The second-order valence-corrected chi connectivity index (χ2v) is 9.61. The summed E-state index contributed by atoms with van der Waals surface area (Å²) in [6.07, 6.45) is 7.66. The highest BCUT2D eigenvalue weighted by Gasteiger charge is 2.32. The molecule has 2 amide bonds. The monoisotopic (exact) mass is 503 g/mol. The molecule has 8 heteroatoms. The molecule has 36 heavy (non-hydrogen) atoms. The Morgan fingerprint density at radius 2 is 1.78 bits per heavy atom. The van der Waals surface area contributed by atoms with E-state index in [1.165, 1.54) is 10.5 Å². The van der Waals surface area contributed by atoms with E-state index < -0.39 is 17.8 Å². The number of rotatable bonds is 9. The maximum atomic E-state index is 12.2. The number of imide groups is 1. The van der Waals surface area contributed by atoms with Crippen molar-refractivity contribution in [3.8, 4) is 0 Å². The number of allylic oxidation sites excluding steroid dienone is 3. The number of aryl methyl sites for hydroxylation is 1. The van der Waals surface area contributed by atoms with E-state index in [2.05, 4.69) is 47.2 Å². The van der Waals surface area contributed by atoms with Crippen molar-refractivity contribution in [1.29, 1.82) is 0 Å². The fourth-order valence-corrected chi connectivity index (χ4v) is 5.28. The van der Waals surface area contributed by atoms with Crippen molar-refractivity contribution < 1.29 is 19.2 Å². The Bertz CT molecular complexity index is 1230. The van der Waals surface area contributed by atoms with Gasteiger partial charge in [-0.3, -0.25) is 14.6 Å². The number of carbonyl (C=O) groups is 3. The molecular formula is C28H29N3O4S. The molecule has 0 aromatic heterocycles. The van der Waals surface area contributed by atoms with Gasteiger partial charge in [0.2, 0.25) is 0 Å².